The van der Waals surface area contributed by atoms with E-state index >= 15 is 0 Å². The van der Waals surface area contributed by atoms with Crippen LogP contribution in [0, 0.1) is 20.7 Å². The van der Waals surface area contributed by atoms with Crippen LogP contribution in [0.4, 0.5) is 10.1 Å². The molecule has 0 saturated carbocycles. The van der Waals surface area contributed by atoms with Crippen molar-refractivity contribution >= 4 is 63.5 Å². The van der Waals surface area contributed by atoms with Gasteiger partial charge in [0.15, 0.2) is 11.5 Å². The molecule has 3 aromatic rings. The van der Waals surface area contributed by atoms with Gasteiger partial charge in [-0.2, -0.15) is 5.26 Å². The molecule has 0 radical (unpaired) electrons. The minimum absolute atomic E-state index is 0.0180. The van der Waals surface area contributed by atoms with E-state index in [0.29, 0.717) is 38.5 Å². The summed E-state index contributed by atoms with van der Waals surface area (Å²) in [6, 6.07) is 16.4. The summed E-state index contributed by atoms with van der Waals surface area (Å²) in [6.07, 6.45) is 1.43. The van der Waals surface area contributed by atoms with Crippen LogP contribution in [-0.2, 0) is 11.4 Å². The van der Waals surface area contributed by atoms with E-state index in [1.807, 2.05) is 13.0 Å². The second kappa shape index (κ2) is 12.1. The van der Waals surface area contributed by atoms with Crippen LogP contribution < -0.4 is 14.8 Å². The van der Waals surface area contributed by atoms with Gasteiger partial charge < -0.3 is 14.8 Å². The zero-order chi connectivity index (χ0) is 24.7. The van der Waals surface area contributed by atoms with E-state index in [1.165, 1.54) is 12.1 Å². The summed E-state index contributed by atoms with van der Waals surface area (Å²) < 4.78 is 26.2. The first-order valence-electron chi connectivity index (χ1n) is 10.0. The van der Waals surface area contributed by atoms with E-state index in [2.05, 4.69) is 27.9 Å². The SMILES string of the molecule is CCOc1cc(/C=C(/C#N)C(=O)Nc2cccc(Cl)c2Cl)cc(I)c1OCc1ccccc1F. The molecule has 0 atom stereocenters. The molecule has 1 amide bonds. The highest BCUT2D eigenvalue weighted by atomic mass is 127. The number of nitrogens with zero attached hydrogens (tertiary/aromatic N) is 1. The van der Waals surface area contributed by atoms with E-state index in [9.17, 15) is 14.4 Å². The maximum Gasteiger partial charge on any atom is 0.266 e. The molecular formula is C25H18Cl2FIN2O3. The maximum atomic E-state index is 14.0. The zero-order valence-corrected chi connectivity index (χ0v) is 21.5. The molecule has 0 spiro atoms. The molecule has 3 rings (SSSR count). The lowest BCUT2D eigenvalue weighted by Gasteiger charge is -2.15. The smallest absolute Gasteiger partial charge is 0.266 e. The second-order valence-electron chi connectivity index (χ2n) is 6.87. The van der Waals surface area contributed by atoms with Crippen LogP contribution >= 0.6 is 45.8 Å². The first kappa shape index (κ1) is 25.8. The lowest BCUT2D eigenvalue weighted by atomic mass is 10.1. The fraction of sp³-hybridized carbons (Fsp3) is 0.120. The average molecular weight is 611 g/mol. The van der Waals surface area contributed by atoms with Crippen molar-refractivity contribution in [1.82, 2.24) is 0 Å². The normalized spacial score (nSPS) is 11.0. The van der Waals surface area contributed by atoms with Crippen molar-refractivity contribution in [3.05, 3.63) is 90.7 Å². The summed E-state index contributed by atoms with van der Waals surface area (Å²) in [6.45, 7) is 2.20. The third-order valence-corrected chi connectivity index (χ3v) is 6.16. The number of hydrogen-bond donors (Lipinski definition) is 1. The number of anilines is 1. The van der Waals surface area contributed by atoms with Crippen molar-refractivity contribution in [3.8, 4) is 17.6 Å². The van der Waals surface area contributed by atoms with E-state index in [4.69, 9.17) is 32.7 Å². The number of rotatable bonds is 8. The molecule has 0 heterocycles. The van der Waals surface area contributed by atoms with Gasteiger partial charge in [-0.3, -0.25) is 4.79 Å². The van der Waals surface area contributed by atoms with Gasteiger partial charge in [0.1, 0.15) is 24.1 Å². The monoisotopic (exact) mass is 610 g/mol. The number of amides is 1. The Hall–Kier alpha value is -2.80. The van der Waals surface area contributed by atoms with Gasteiger partial charge in [0, 0.05) is 5.56 Å². The lowest BCUT2D eigenvalue weighted by molar-refractivity contribution is -0.112. The number of carbonyl (C=O) groups excluding carboxylic acids is 1. The van der Waals surface area contributed by atoms with E-state index in [1.54, 1.807) is 48.5 Å². The van der Waals surface area contributed by atoms with E-state index in [0.717, 1.165) is 0 Å². The van der Waals surface area contributed by atoms with Gasteiger partial charge in [-0.1, -0.05) is 47.5 Å². The molecule has 0 fully saturated rings. The topological polar surface area (TPSA) is 71.3 Å². The van der Waals surface area contributed by atoms with Crippen molar-refractivity contribution in [3.63, 3.8) is 0 Å². The Kier molecular flexibility index (Phi) is 9.16. The molecule has 174 valence electrons. The molecule has 0 saturated heterocycles. The first-order valence-corrected chi connectivity index (χ1v) is 11.9. The number of benzene rings is 3. The first-order chi connectivity index (χ1) is 16.3. The number of ether oxygens (including phenoxy) is 2. The second-order valence-corrected chi connectivity index (χ2v) is 8.82. The van der Waals surface area contributed by atoms with Crippen LogP contribution in [-0.4, -0.2) is 12.5 Å². The Morgan fingerprint density at radius 3 is 2.65 bits per heavy atom. The van der Waals surface area contributed by atoms with Crippen molar-refractivity contribution in [2.24, 2.45) is 0 Å². The predicted octanol–water partition coefficient (Wildman–Crippen LogP) is 7.26. The van der Waals surface area contributed by atoms with Crippen LogP contribution in [0.15, 0.2) is 60.2 Å². The summed E-state index contributed by atoms with van der Waals surface area (Å²) in [5.74, 6) is -0.150. The predicted molar refractivity (Wildman–Crippen MR) is 140 cm³/mol. The fourth-order valence-corrected chi connectivity index (χ4v) is 4.07. The summed E-state index contributed by atoms with van der Waals surface area (Å²) in [5, 5.41) is 12.6. The van der Waals surface area contributed by atoms with Crippen molar-refractivity contribution in [2.45, 2.75) is 13.5 Å². The molecule has 9 heteroatoms. The minimum Gasteiger partial charge on any atom is -0.490 e. The Morgan fingerprint density at radius 2 is 1.94 bits per heavy atom. The van der Waals surface area contributed by atoms with Crippen LogP contribution in [0.25, 0.3) is 6.08 Å². The van der Waals surface area contributed by atoms with Crippen molar-refractivity contribution < 1.29 is 18.7 Å². The van der Waals surface area contributed by atoms with Gasteiger partial charge in [0.05, 0.1) is 25.9 Å². The molecule has 1 N–H and O–H groups in total. The number of nitrogens with one attached hydrogen (secondary N) is 1. The zero-order valence-electron chi connectivity index (χ0n) is 17.9. The third-order valence-electron chi connectivity index (χ3n) is 4.54. The summed E-state index contributed by atoms with van der Waals surface area (Å²) >= 11 is 14.2. The van der Waals surface area contributed by atoms with E-state index in [-0.39, 0.29) is 28.0 Å². The van der Waals surface area contributed by atoms with Crippen LogP contribution in [0.5, 0.6) is 11.5 Å². The molecule has 0 aliphatic carbocycles. The highest BCUT2D eigenvalue weighted by molar-refractivity contribution is 14.1. The van der Waals surface area contributed by atoms with Gasteiger partial charge >= 0.3 is 0 Å². The number of nitriles is 1. The summed E-state index contributed by atoms with van der Waals surface area (Å²) in [5.41, 5.74) is 1.11. The van der Waals surface area contributed by atoms with Crippen molar-refractivity contribution in [2.75, 3.05) is 11.9 Å². The van der Waals surface area contributed by atoms with Crippen LogP contribution in [0.3, 0.4) is 0 Å². The molecule has 0 aromatic heterocycles. The average Bonchev–Trinajstić information content (AvgIpc) is 2.81. The molecule has 5 nitrogen and oxygen atoms in total. The minimum atomic E-state index is -0.639. The van der Waals surface area contributed by atoms with Crippen LogP contribution in [0.2, 0.25) is 10.0 Å². The Balaban J connectivity index is 1.87. The molecule has 3 aromatic carbocycles. The largest absolute Gasteiger partial charge is 0.490 e. The molecule has 0 aliphatic rings. The molecule has 0 aliphatic heterocycles. The molecule has 0 unspecified atom stereocenters. The third kappa shape index (κ3) is 6.41. The summed E-state index contributed by atoms with van der Waals surface area (Å²) in [4.78, 5) is 12.7. The van der Waals surface area contributed by atoms with Crippen molar-refractivity contribution in [1.29, 1.82) is 5.26 Å². The molecular weight excluding hydrogens is 593 g/mol. The molecule has 0 bridgehead atoms. The highest BCUT2D eigenvalue weighted by Gasteiger charge is 2.16. The Labute approximate surface area is 220 Å². The number of halogens is 4. The number of hydrogen-bond acceptors (Lipinski definition) is 4. The number of carbonyl (C=O) groups is 1. The van der Waals surface area contributed by atoms with Gasteiger partial charge in [-0.05, 0) is 71.5 Å². The quantitative estimate of drug-likeness (QED) is 0.166. The standard InChI is InChI=1S/C25H18Cl2FIN2O3/c1-2-33-22-12-15(11-20(29)24(22)34-14-16-6-3-4-8-19(16)28)10-17(13-30)25(32)31-21-9-5-7-18(26)23(21)27/h3-12H,2,14H2,1H3,(H,31,32)/b17-10-. The Bertz CT molecular complexity index is 1290. The Morgan fingerprint density at radius 1 is 1.18 bits per heavy atom. The van der Waals surface area contributed by atoms with Crippen LogP contribution in [0.1, 0.15) is 18.1 Å². The highest BCUT2D eigenvalue weighted by Crippen LogP contribution is 2.36. The van der Waals surface area contributed by atoms with E-state index < -0.39 is 5.91 Å². The van der Waals surface area contributed by atoms with Gasteiger partial charge in [-0.25, -0.2) is 4.39 Å². The maximum absolute atomic E-state index is 14.0. The molecule has 34 heavy (non-hydrogen) atoms. The summed E-state index contributed by atoms with van der Waals surface area (Å²) in [7, 11) is 0. The van der Waals surface area contributed by atoms with Gasteiger partial charge in [0.2, 0.25) is 0 Å². The van der Waals surface area contributed by atoms with Gasteiger partial charge in [0.25, 0.3) is 5.91 Å². The lowest BCUT2D eigenvalue weighted by Crippen LogP contribution is -2.13. The fourth-order valence-electron chi connectivity index (χ4n) is 2.94. The van der Waals surface area contributed by atoms with Gasteiger partial charge in [-0.15, -0.1) is 0 Å².